The third kappa shape index (κ3) is 3.15. The highest BCUT2D eigenvalue weighted by atomic mass is 16.5. The molecule has 3 aromatic rings. The number of nitrogens with one attached hydrogen (secondary N) is 1. The third-order valence-corrected chi connectivity index (χ3v) is 3.82. The molecule has 0 amide bonds. The van der Waals surface area contributed by atoms with E-state index in [4.69, 9.17) is 10.00 Å². The summed E-state index contributed by atoms with van der Waals surface area (Å²) in [5, 5.41) is 13.8. The van der Waals surface area contributed by atoms with Crippen LogP contribution in [0.3, 0.4) is 0 Å². The number of pyridine rings is 1. The lowest BCUT2D eigenvalue weighted by Crippen LogP contribution is -2.09. The fraction of sp³-hybridized carbons (Fsp3) is 0.222. The van der Waals surface area contributed by atoms with Crippen molar-refractivity contribution in [3.05, 3.63) is 63.1 Å². The second-order valence-corrected chi connectivity index (χ2v) is 5.58. The summed E-state index contributed by atoms with van der Waals surface area (Å²) >= 11 is 0. The quantitative estimate of drug-likeness (QED) is 0.736. The van der Waals surface area contributed by atoms with E-state index in [1.54, 1.807) is 30.7 Å². The van der Waals surface area contributed by atoms with Gasteiger partial charge in [0.1, 0.15) is 5.65 Å². The minimum absolute atomic E-state index is 0.180. The maximum Gasteiger partial charge on any atom is 0.359 e. The maximum atomic E-state index is 12.2. The van der Waals surface area contributed by atoms with E-state index in [9.17, 15) is 9.59 Å². The molecule has 25 heavy (non-hydrogen) atoms. The van der Waals surface area contributed by atoms with E-state index in [2.05, 4.69) is 16.2 Å². The predicted molar refractivity (Wildman–Crippen MR) is 91.3 cm³/mol. The summed E-state index contributed by atoms with van der Waals surface area (Å²) in [6.07, 6.45) is 0. The lowest BCUT2D eigenvalue weighted by atomic mass is 10.1. The molecule has 0 radical (unpaired) electrons. The maximum absolute atomic E-state index is 12.2. The smallest absolute Gasteiger partial charge is 0.359 e. The summed E-state index contributed by atoms with van der Waals surface area (Å²) in [5.74, 6) is -0.527. The van der Waals surface area contributed by atoms with E-state index in [1.807, 2.05) is 12.1 Å². The molecule has 0 aliphatic rings. The zero-order valence-corrected chi connectivity index (χ0v) is 13.9. The molecule has 1 aromatic carbocycles. The van der Waals surface area contributed by atoms with Crippen LogP contribution in [0, 0.1) is 18.3 Å². The van der Waals surface area contributed by atoms with Crippen molar-refractivity contribution in [2.24, 2.45) is 0 Å². The van der Waals surface area contributed by atoms with E-state index in [-0.39, 0.29) is 17.9 Å². The van der Waals surface area contributed by atoms with Gasteiger partial charge in [-0.05, 0) is 37.1 Å². The largest absolute Gasteiger partial charge is 0.461 e. The number of rotatable bonds is 4. The Morgan fingerprint density at radius 2 is 2.08 bits per heavy atom. The first kappa shape index (κ1) is 16.5. The molecule has 0 atom stereocenters. The Hall–Kier alpha value is -3.40. The molecule has 3 rings (SSSR count). The Kier molecular flexibility index (Phi) is 4.35. The summed E-state index contributed by atoms with van der Waals surface area (Å²) < 4.78 is 6.64. The van der Waals surface area contributed by atoms with Crippen molar-refractivity contribution < 1.29 is 9.53 Å². The van der Waals surface area contributed by atoms with Crippen LogP contribution in [0.25, 0.3) is 11.0 Å². The van der Waals surface area contributed by atoms with Crippen LogP contribution in [0.5, 0.6) is 0 Å². The predicted octanol–water partition coefficient (Wildman–Crippen LogP) is 2.13. The van der Waals surface area contributed by atoms with Crippen LogP contribution in [0.15, 0.2) is 35.1 Å². The molecule has 0 bridgehead atoms. The van der Waals surface area contributed by atoms with Gasteiger partial charge in [0.25, 0.3) is 0 Å². The molecule has 1 N–H and O–H groups in total. The normalized spacial score (nSPS) is 10.6. The second kappa shape index (κ2) is 6.61. The molecule has 0 saturated heterocycles. The summed E-state index contributed by atoms with van der Waals surface area (Å²) in [5.41, 5.74) is 2.50. The van der Waals surface area contributed by atoms with Crippen molar-refractivity contribution in [2.75, 3.05) is 6.61 Å². The Labute approximate surface area is 143 Å². The van der Waals surface area contributed by atoms with E-state index in [0.717, 1.165) is 5.56 Å². The number of benzene rings is 1. The van der Waals surface area contributed by atoms with Crippen LogP contribution in [-0.2, 0) is 11.3 Å². The van der Waals surface area contributed by atoms with Crippen LogP contribution in [0.1, 0.15) is 34.1 Å². The molecule has 7 nitrogen and oxygen atoms in total. The topological polar surface area (TPSA) is 101 Å². The van der Waals surface area contributed by atoms with Gasteiger partial charge in [0.2, 0.25) is 5.56 Å². The summed E-state index contributed by atoms with van der Waals surface area (Å²) in [6.45, 7) is 4.07. The number of H-pyrrole nitrogens is 1. The molecule has 0 aliphatic carbocycles. The first-order valence-corrected chi connectivity index (χ1v) is 7.80. The zero-order chi connectivity index (χ0) is 18.0. The highest BCUT2D eigenvalue weighted by molar-refractivity contribution is 6.02. The van der Waals surface area contributed by atoms with Gasteiger partial charge >= 0.3 is 5.97 Å². The van der Waals surface area contributed by atoms with Gasteiger partial charge in [-0.25, -0.2) is 9.48 Å². The van der Waals surface area contributed by atoms with E-state index < -0.39 is 5.97 Å². The lowest BCUT2D eigenvalue weighted by molar-refractivity contribution is 0.0520. The first-order valence-electron chi connectivity index (χ1n) is 7.80. The second-order valence-electron chi connectivity index (χ2n) is 5.58. The van der Waals surface area contributed by atoms with Crippen molar-refractivity contribution in [3.63, 3.8) is 0 Å². The molecule has 126 valence electrons. The number of nitrogens with zero attached hydrogens (tertiary/aromatic N) is 3. The summed E-state index contributed by atoms with van der Waals surface area (Å²) in [6, 6.07) is 10.5. The first-order chi connectivity index (χ1) is 12.0. The number of hydrogen-bond acceptors (Lipinski definition) is 5. The minimum atomic E-state index is -0.527. The molecular formula is C18H16N4O3. The Bertz CT molecular complexity index is 1040. The van der Waals surface area contributed by atoms with Gasteiger partial charge < -0.3 is 9.72 Å². The number of aromatic amines is 1. The highest BCUT2D eigenvalue weighted by Crippen LogP contribution is 2.21. The van der Waals surface area contributed by atoms with Gasteiger partial charge in [-0.1, -0.05) is 12.1 Å². The van der Waals surface area contributed by atoms with Gasteiger partial charge in [0.05, 0.1) is 30.2 Å². The van der Waals surface area contributed by atoms with Crippen LogP contribution in [0.2, 0.25) is 0 Å². The number of aromatic nitrogens is 3. The third-order valence-electron chi connectivity index (χ3n) is 3.82. The number of fused-ring (bicyclic) bond motifs is 1. The molecular weight excluding hydrogens is 320 g/mol. The number of nitriles is 1. The molecule has 2 heterocycles. The van der Waals surface area contributed by atoms with Gasteiger partial charge in [-0.15, -0.1) is 0 Å². The molecule has 0 unspecified atom stereocenters. The van der Waals surface area contributed by atoms with Crippen LogP contribution >= 0.6 is 0 Å². The number of carbonyl (C=O) groups excluding carboxylic acids is 1. The summed E-state index contributed by atoms with van der Waals surface area (Å²) in [7, 11) is 0. The van der Waals surface area contributed by atoms with Crippen LogP contribution in [0.4, 0.5) is 0 Å². The SMILES string of the molecule is CCOC(=O)c1nn(Cc2ccc(C#N)cc2)c2[nH]c(=O)cc(C)c12. The van der Waals surface area contributed by atoms with E-state index in [1.165, 1.54) is 6.07 Å². The Morgan fingerprint density at radius 1 is 1.36 bits per heavy atom. The Balaban J connectivity index is 2.12. The average molecular weight is 336 g/mol. The zero-order valence-electron chi connectivity index (χ0n) is 13.9. The van der Waals surface area contributed by atoms with E-state index in [0.29, 0.717) is 28.7 Å². The number of hydrogen-bond donors (Lipinski definition) is 1. The Morgan fingerprint density at radius 3 is 2.72 bits per heavy atom. The number of esters is 1. The molecule has 0 saturated carbocycles. The number of carbonyl (C=O) groups is 1. The molecule has 0 fully saturated rings. The highest BCUT2D eigenvalue weighted by Gasteiger charge is 2.21. The standard InChI is InChI=1S/C18H16N4O3/c1-3-25-18(24)16-15-11(2)8-14(23)20-17(15)22(21-16)10-13-6-4-12(9-19)5-7-13/h4-8H,3,10H2,1-2H3,(H,20,23). The molecule has 0 aliphatic heterocycles. The fourth-order valence-electron chi connectivity index (χ4n) is 2.70. The van der Waals surface area contributed by atoms with Crippen LogP contribution in [-0.4, -0.2) is 27.3 Å². The molecule has 0 spiro atoms. The summed E-state index contributed by atoms with van der Waals surface area (Å²) in [4.78, 5) is 26.8. The van der Waals surface area contributed by atoms with Crippen molar-refractivity contribution in [1.29, 1.82) is 5.26 Å². The lowest BCUT2D eigenvalue weighted by Gasteiger charge is -2.04. The number of ether oxygens (including phenoxy) is 1. The van der Waals surface area contributed by atoms with Gasteiger partial charge in [-0.2, -0.15) is 10.4 Å². The van der Waals surface area contributed by atoms with Crippen molar-refractivity contribution in [1.82, 2.24) is 14.8 Å². The van der Waals surface area contributed by atoms with Crippen molar-refractivity contribution in [3.8, 4) is 6.07 Å². The monoisotopic (exact) mass is 336 g/mol. The van der Waals surface area contributed by atoms with Gasteiger partial charge in [0.15, 0.2) is 5.69 Å². The molecule has 7 heteroatoms. The van der Waals surface area contributed by atoms with E-state index >= 15 is 0 Å². The van der Waals surface area contributed by atoms with Gasteiger partial charge in [0, 0.05) is 6.07 Å². The fourth-order valence-corrected chi connectivity index (χ4v) is 2.70. The average Bonchev–Trinajstić information content (AvgIpc) is 2.94. The number of aryl methyl sites for hydroxylation is 1. The van der Waals surface area contributed by atoms with Gasteiger partial charge in [-0.3, -0.25) is 4.79 Å². The van der Waals surface area contributed by atoms with Crippen LogP contribution < -0.4 is 5.56 Å². The minimum Gasteiger partial charge on any atom is -0.461 e. The van der Waals surface area contributed by atoms with Crippen molar-refractivity contribution >= 4 is 17.0 Å². The van der Waals surface area contributed by atoms with Crippen molar-refractivity contribution in [2.45, 2.75) is 20.4 Å². The molecule has 2 aromatic heterocycles.